The van der Waals surface area contributed by atoms with Crippen molar-refractivity contribution in [2.45, 2.75) is 57.4 Å². The van der Waals surface area contributed by atoms with Gasteiger partial charge in [0.1, 0.15) is 6.04 Å². The van der Waals surface area contributed by atoms with Crippen LogP contribution in [0.5, 0.6) is 0 Å². The molecule has 0 heterocycles. The molecule has 4 rings (SSSR count). The molecule has 3 aromatic carbocycles. The van der Waals surface area contributed by atoms with Crippen LogP contribution in [0, 0.1) is 11.8 Å². The smallest absolute Gasteiger partial charge is 0.307 e. The molecule has 1 fully saturated rings. The highest BCUT2D eigenvalue weighted by molar-refractivity contribution is 9.10. The first-order valence-corrected chi connectivity index (χ1v) is 16.4. The topological polar surface area (TPSA) is 113 Å². The first kappa shape index (κ1) is 33.9. The number of carboxylic acids is 1. The Labute approximate surface area is 273 Å². The molecule has 8 nitrogen and oxygen atoms in total. The molecular weight excluding hydrogens is 636 g/mol. The molecule has 1 saturated carbocycles. The predicted octanol–water partition coefficient (Wildman–Crippen LogP) is 6.50. The largest absolute Gasteiger partial charge is 0.481 e. The van der Waals surface area contributed by atoms with Gasteiger partial charge in [-0.2, -0.15) is 0 Å². The van der Waals surface area contributed by atoms with Gasteiger partial charge in [0.25, 0.3) is 0 Å². The zero-order chi connectivity index (χ0) is 32.2. The molecule has 45 heavy (non-hydrogen) atoms. The molecule has 0 aliphatic heterocycles. The molecule has 3 aromatic rings. The van der Waals surface area contributed by atoms with Crippen molar-refractivity contribution in [1.29, 1.82) is 0 Å². The van der Waals surface area contributed by atoms with Gasteiger partial charge in [0, 0.05) is 23.5 Å². The molecule has 1 aliphatic carbocycles. The van der Waals surface area contributed by atoms with Gasteiger partial charge in [0.05, 0.1) is 24.9 Å². The van der Waals surface area contributed by atoms with E-state index in [-0.39, 0.29) is 31.4 Å². The number of rotatable bonds is 14. The number of hydrogen-bond donors (Lipinski definition) is 2. The summed E-state index contributed by atoms with van der Waals surface area (Å²) in [5.41, 5.74) is 2.79. The molecule has 0 spiro atoms. The molecule has 3 unspecified atom stereocenters. The first-order valence-electron chi connectivity index (χ1n) is 15.6. The lowest BCUT2D eigenvalue weighted by molar-refractivity contribution is -0.149. The van der Waals surface area contributed by atoms with Crippen molar-refractivity contribution in [3.05, 3.63) is 106 Å². The molecule has 9 heteroatoms. The van der Waals surface area contributed by atoms with Crippen LogP contribution in [0.3, 0.4) is 0 Å². The number of halogens is 1. The van der Waals surface area contributed by atoms with E-state index < -0.39 is 35.7 Å². The molecule has 2 N–H and O–H groups in total. The number of carboxylic acid groups (broad SMARTS) is 1. The monoisotopic (exact) mass is 676 g/mol. The van der Waals surface area contributed by atoms with Crippen LogP contribution in [-0.4, -0.2) is 53.5 Å². The summed E-state index contributed by atoms with van der Waals surface area (Å²) in [5, 5.41) is 12.7. The Hall–Kier alpha value is -3.98. The standard InChI is InChI=1S/C36H41BrN2O6/c1-2-45-32(40)22-24-39(23-21-29(25-11-5-3-6-12-25)26-13-7-4-8-14-26)35(42)33(27-17-19-28(37)20-18-27)38-34(41)30-15-9-10-16-31(30)36(43)44/h3-8,11-14,17-20,29-31,33H,2,9-10,15-16,21-24H2,1H3,(H,38,41)(H,43,44). The lowest BCUT2D eigenvalue weighted by Gasteiger charge is -2.32. The van der Waals surface area contributed by atoms with Crippen LogP contribution >= 0.6 is 15.9 Å². The fourth-order valence-corrected chi connectivity index (χ4v) is 6.35. The summed E-state index contributed by atoms with van der Waals surface area (Å²) in [6.45, 7) is 2.40. The van der Waals surface area contributed by atoms with E-state index >= 15 is 0 Å². The van der Waals surface area contributed by atoms with Gasteiger partial charge in [-0.25, -0.2) is 0 Å². The van der Waals surface area contributed by atoms with Gasteiger partial charge in [-0.15, -0.1) is 0 Å². The van der Waals surface area contributed by atoms with Crippen LogP contribution in [0.25, 0.3) is 0 Å². The SMILES string of the molecule is CCOC(=O)CCN(CCC(c1ccccc1)c1ccccc1)C(=O)C(NC(=O)C1CCCCC1C(=O)O)c1ccc(Br)cc1. The highest BCUT2D eigenvalue weighted by atomic mass is 79.9. The zero-order valence-corrected chi connectivity index (χ0v) is 27.2. The van der Waals surface area contributed by atoms with Crippen LogP contribution in [0.2, 0.25) is 0 Å². The highest BCUT2D eigenvalue weighted by Crippen LogP contribution is 2.32. The van der Waals surface area contributed by atoms with Gasteiger partial charge in [-0.1, -0.05) is 102 Å². The lowest BCUT2D eigenvalue weighted by atomic mass is 9.78. The third kappa shape index (κ3) is 9.50. The number of amides is 2. The Bertz CT molecular complexity index is 1380. The normalized spacial score (nSPS) is 16.9. The second-order valence-corrected chi connectivity index (χ2v) is 12.3. The number of carbonyl (C=O) groups is 4. The predicted molar refractivity (Wildman–Crippen MR) is 175 cm³/mol. The maximum Gasteiger partial charge on any atom is 0.307 e. The van der Waals surface area contributed by atoms with Crippen LogP contribution in [-0.2, 0) is 23.9 Å². The molecule has 0 saturated heterocycles. The molecule has 2 amide bonds. The average molecular weight is 678 g/mol. The number of nitrogens with zero attached hydrogens (tertiary/aromatic N) is 1. The van der Waals surface area contributed by atoms with Crippen molar-refractivity contribution in [1.82, 2.24) is 10.2 Å². The number of nitrogens with one attached hydrogen (secondary N) is 1. The van der Waals surface area contributed by atoms with Crippen molar-refractivity contribution < 1.29 is 29.0 Å². The summed E-state index contributed by atoms with van der Waals surface area (Å²) in [5.74, 6) is -3.74. The summed E-state index contributed by atoms with van der Waals surface area (Å²) in [4.78, 5) is 54.1. The van der Waals surface area contributed by atoms with Crippen LogP contribution in [0.15, 0.2) is 89.4 Å². The fraction of sp³-hybridized carbons (Fsp3) is 0.389. The van der Waals surface area contributed by atoms with E-state index in [9.17, 15) is 24.3 Å². The van der Waals surface area contributed by atoms with Crippen molar-refractivity contribution in [2.24, 2.45) is 11.8 Å². The molecule has 0 bridgehead atoms. The van der Waals surface area contributed by atoms with E-state index in [0.29, 0.717) is 31.4 Å². The number of hydrogen-bond acceptors (Lipinski definition) is 5. The molecule has 3 atom stereocenters. The summed E-state index contributed by atoms with van der Waals surface area (Å²) in [6, 6.07) is 26.2. The van der Waals surface area contributed by atoms with Gasteiger partial charge in [0.2, 0.25) is 11.8 Å². The number of aliphatic carboxylic acids is 1. The minimum atomic E-state index is -1.06. The Morgan fingerprint density at radius 3 is 1.98 bits per heavy atom. The molecule has 0 aromatic heterocycles. The summed E-state index contributed by atoms with van der Waals surface area (Å²) >= 11 is 3.44. The second kappa shape index (κ2) is 16.9. The zero-order valence-electron chi connectivity index (χ0n) is 25.6. The molecular formula is C36H41BrN2O6. The number of carbonyl (C=O) groups excluding carboxylic acids is 3. The second-order valence-electron chi connectivity index (χ2n) is 11.4. The third-order valence-electron chi connectivity index (χ3n) is 8.45. The number of ether oxygens (including phenoxy) is 1. The Morgan fingerprint density at radius 2 is 1.42 bits per heavy atom. The minimum Gasteiger partial charge on any atom is -0.481 e. The summed E-state index contributed by atoms with van der Waals surface area (Å²) < 4.78 is 5.98. The quantitative estimate of drug-likeness (QED) is 0.189. The number of benzene rings is 3. The van der Waals surface area contributed by atoms with Gasteiger partial charge in [-0.3, -0.25) is 19.2 Å². The molecule has 1 aliphatic rings. The van der Waals surface area contributed by atoms with Gasteiger partial charge in [0.15, 0.2) is 0 Å². The summed E-state index contributed by atoms with van der Waals surface area (Å²) in [6.07, 6.45) is 2.97. The first-order chi connectivity index (χ1) is 21.8. The average Bonchev–Trinajstić information content (AvgIpc) is 3.06. The highest BCUT2D eigenvalue weighted by Gasteiger charge is 2.38. The summed E-state index contributed by atoms with van der Waals surface area (Å²) in [7, 11) is 0. The van der Waals surface area contributed by atoms with Gasteiger partial charge < -0.3 is 20.1 Å². The third-order valence-corrected chi connectivity index (χ3v) is 8.98. The van der Waals surface area contributed by atoms with Crippen molar-refractivity contribution in [3.63, 3.8) is 0 Å². The van der Waals surface area contributed by atoms with E-state index in [1.165, 1.54) is 0 Å². The maximum atomic E-state index is 14.4. The van der Waals surface area contributed by atoms with E-state index in [0.717, 1.165) is 28.4 Å². The van der Waals surface area contributed by atoms with Crippen LogP contribution in [0.4, 0.5) is 0 Å². The Morgan fingerprint density at radius 1 is 0.844 bits per heavy atom. The van der Waals surface area contributed by atoms with Crippen molar-refractivity contribution >= 4 is 39.7 Å². The molecule has 0 radical (unpaired) electrons. The Kier molecular flexibility index (Phi) is 12.7. The number of esters is 1. The fourth-order valence-electron chi connectivity index (χ4n) is 6.09. The van der Waals surface area contributed by atoms with Crippen LogP contribution in [0.1, 0.15) is 74.1 Å². The maximum absolute atomic E-state index is 14.4. The van der Waals surface area contributed by atoms with Crippen molar-refractivity contribution in [3.8, 4) is 0 Å². The minimum absolute atomic E-state index is 0.00559. The van der Waals surface area contributed by atoms with E-state index in [1.54, 1.807) is 36.1 Å². The van der Waals surface area contributed by atoms with Gasteiger partial charge >= 0.3 is 11.9 Å². The van der Waals surface area contributed by atoms with E-state index in [1.807, 2.05) is 36.4 Å². The van der Waals surface area contributed by atoms with E-state index in [4.69, 9.17) is 4.74 Å². The van der Waals surface area contributed by atoms with E-state index in [2.05, 4.69) is 45.5 Å². The van der Waals surface area contributed by atoms with Crippen molar-refractivity contribution in [2.75, 3.05) is 19.7 Å². The van der Waals surface area contributed by atoms with Crippen LogP contribution < -0.4 is 5.32 Å². The Balaban J connectivity index is 1.64. The molecule has 238 valence electrons. The lowest BCUT2D eigenvalue weighted by Crippen LogP contribution is -2.47. The van der Waals surface area contributed by atoms with Gasteiger partial charge in [-0.05, 0) is 55.0 Å².